The third-order valence-electron chi connectivity index (χ3n) is 5.07. The molecule has 1 spiro atoms. The average molecular weight is 276 g/mol. The number of hydrogen-bond donors (Lipinski definition) is 1. The van der Waals surface area contributed by atoms with Crippen LogP contribution in [-0.4, -0.2) is 47.5 Å². The molecule has 0 amide bonds. The number of guanidine groups is 1. The van der Waals surface area contributed by atoms with Gasteiger partial charge in [0.1, 0.15) is 0 Å². The van der Waals surface area contributed by atoms with E-state index in [0.717, 1.165) is 31.5 Å². The zero-order valence-electron chi connectivity index (χ0n) is 11.1. The molecule has 0 aromatic carbocycles. The van der Waals surface area contributed by atoms with Crippen molar-refractivity contribution in [2.24, 2.45) is 16.6 Å². The summed E-state index contributed by atoms with van der Waals surface area (Å²) in [7, 11) is 0. The van der Waals surface area contributed by atoms with Crippen LogP contribution < -0.4 is 5.73 Å². The van der Waals surface area contributed by atoms with Crippen molar-refractivity contribution in [1.29, 1.82) is 0 Å². The van der Waals surface area contributed by atoms with E-state index in [-0.39, 0.29) is 5.54 Å². The number of piperidine rings is 3. The number of nitrogens with two attached hydrogens (primary N) is 1. The summed E-state index contributed by atoms with van der Waals surface area (Å²) in [5.74, 6) is 1.52. The van der Waals surface area contributed by atoms with Crippen LogP contribution in [-0.2, 0) is 6.54 Å². The largest absolute Gasteiger partial charge is 0.370 e. The molecule has 4 aliphatic heterocycles. The van der Waals surface area contributed by atoms with Crippen LogP contribution in [0.5, 0.6) is 0 Å². The molecular formula is C14H20N4S. The zero-order valence-corrected chi connectivity index (χ0v) is 11.9. The van der Waals surface area contributed by atoms with Crippen molar-refractivity contribution in [2.45, 2.75) is 24.9 Å². The van der Waals surface area contributed by atoms with Gasteiger partial charge in [0.15, 0.2) is 5.96 Å². The second-order valence-electron chi connectivity index (χ2n) is 5.99. The zero-order chi connectivity index (χ0) is 12.9. The summed E-state index contributed by atoms with van der Waals surface area (Å²) in [6.07, 6.45) is 2.62. The van der Waals surface area contributed by atoms with Gasteiger partial charge in [-0.2, -0.15) is 0 Å². The highest BCUT2D eigenvalue weighted by molar-refractivity contribution is 7.09. The third kappa shape index (κ3) is 1.71. The van der Waals surface area contributed by atoms with Crippen molar-refractivity contribution in [2.75, 3.05) is 26.2 Å². The number of rotatable bonds is 2. The maximum Gasteiger partial charge on any atom is 0.192 e. The summed E-state index contributed by atoms with van der Waals surface area (Å²) in [5.41, 5.74) is 6.38. The molecule has 0 aliphatic carbocycles. The first kappa shape index (κ1) is 11.7. The van der Waals surface area contributed by atoms with E-state index in [9.17, 15) is 0 Å². The van der Waals surface area contributed by atoms with Gasteiger partial charge in [-0.05, 0) is 43.3 Å². The first-order valence-corrected chi connectivity index (χ1v) is 7.98. The molecule has 4 aliphatic rings. The fourth-order valence-corrected chi connectivity index (χ4v) is 4.74. The van der Waals surface area contributed by atoms with Gasteiger partial charge in [-0.15, -0.1) is 11.3 Å². The van der Waals surface area contributed by atoms with Crippen LogP contribution in [0.25, 0.3) is 0 Å². The summed E-state index contributed by atoms with van der Waals surface area (Å²) < 4.78 is 0. The van der Waals surface area contributed by atoms with Gasteiger partial charge < -0.3 is 15.5 Å². The van der Waals surface area contributed by atoms with Crippen molar-refractivity contribution in [3.8, 4) is 0 Å². The van der Waals surface area contributed by atoms with Crippen LogP contribution in [0, 0.1) is 5.92 Å². The predicted octanol–water partition coefficient (Wildman–Crippen LogP) is 1.34. The molecule has 1 unspecified atom stereocenters. The Hall–Kier alpha value is -1.07. The molecule has 2 N–H and O–H groups in total. The van der Waals surface area contributed by atoms with Crippen molar-refractivity contribution in [3.05, 3.63) is 22.4 Å². The van der Waals surface area contributed by atoms with Gasteiger partial charge in [-0.25, -0.2) is 0 Å². The van der Waals surface area contributed by atoms with Gasteiger partial charge in [0, 0.05) is 11.4 Å². The average Bonchev–Trinajstić information content (AvgIpc) is 3.05. The van der Waals surface area contributed by atoms with Gasteiger partial charge in [0.25, 0.3) is 0 Å². The topological polar surface area (TPSA) is 44.9 Å². The Morgan fingerprint density at radius 1 is 1.42 bits per heavy atom. The number of thiophene rings is 1. The minimum Gasteiger partial charge on any atom is -0.370 e. The molecule has 2 bridgehead atoms. The molecule has 19 heavy (non-hydrogen) atoms. The van der Waals surface area contributed by atoms with Crippen LogP contribution in [0.4, 0.5) is 0 Å². The fourth-order valence-electron chi connectivity index (χ4n) is 4.04. The lowest BCUT2D eigenvalue weighted by molar-refractivity contribution is -0.0312. The molecule has 1 atom stereocenters. The smallest absolute Gasteiger partial charge is 0.192 e. The Balaban J connectivity index is 1.64. The molecule has 102 valence electrons. The molecule has 0 saturated carbocycles. The first-order chi connectivity index (χ1) is 9.28. The Kier molecular flexibility index (Phi) is 2.60. The first-order valence-electron chi connectivity index (χ1n) is 7.10. The maximum atomic E-state index is 6.19. The fraction of sp³-hybridized carbons (Fsp3) is 0.643. The van der Waals surface area contributed by atoms with Crippen LogP contribution in [0.15, 0.2) is 22.5 Å². The van der Waals surface area contributed by atoms with E-state index in [1.54, 1.807) is 0 Å². The number of aliphatic imine (C=N–C) groups is 1. The van der Waals surface area contributed by atoms with Crippen molar-refractivity contribution in [1.82, 2.24) is 9.80 Å². The molecule has 3 saturated heterocycles. The van der Waals surface area contributed by atoms with Crippen LogP contribution >= 0.6 is 11.3 Å². The molecule has 5 heterocycles. The number of nitrogens with zero attached hydrogens (tertiary/aromatic N) is 3. The van der Waals surface area contributed by atoms with Crippen molar-refractivity contribution >= 4 is 17.3 Å². The summed E-state index contributed by atoms with van der Waals surface area (Å²) in [4.78, 5) is 11.0. The molecule has 5 rings (SSSR count). The predicted molar refractivity (Wildman–Crippen MR) is 78.2 cm³/mol. The lowest BCUT2D eigenvalue weighted by Crippen LogP contribution is -2.67. The van der Waals surface area contributed by atoms with E-state index in [1.165, 1.54) is 30.8 Å². The second-order valence-corrected chi connectivity index (χ2v) is 7.03. The summed E-state index contributed by atoms with van der Waals surface area (Å²) >= 11 is 1.81. The van der Waals surface area contributed by atoms with E-state index in [0.29, 0.717) is 0 Å². The summed E-state index contributed by atoms with van der Waals surface area (Å²) in [6.45, 7) is 5.49. The van der Waals surface area contributed by atoms with Gasteiger partial charge in [0.05, 0.1) is 18.6 Å². The van der Waals surface area contributed by atoms with Crippen LogP contribution in [0.2, 0.25) is 0 Å². The molecule has 1 aromatic heterocycles. The highest BCUT2D eigenvalue weighted by Gasteiger charge is 2.53. The van der Waals surface area contributed by atoms with Crippen molar-refractivity contribution in [3.63, 3.8) is 0 Å². The molecule has 5 heteroatoms. The van der Waals surface area contributed by atoms with Gasteiger partial charge in [0.2, 0.25) is 0 Å². The molecule has 1 aromatic rings. The van der Waals surface area contributed by atoms with E-state index in [1.807, 2.05) is 11.3 Å². The standard InChI is InChI=1S/C14H20N4S/c15-13-16-9-14(10-17-5-3-11(14)4-6-17)18(13)8-12-2-1-7-19-12/h1-2,7,11H,3-6,8-10H2,(H2,15,16). The monoisotopic (exact) mass is 276 g/mol. The van der Waals surface area contributed by atoms with E-state index in [2.05, 4.69) is 32.3 Å². The molecule has 3 fully saturated rings. The number of fused-ring (bicyclic) bond motifs is 2. The Morgan fingerprint density at radius 2 is 2.26 bits per heavy atom. The summed E-state index contributed by atoms with van der Waals surface area (Å²) in [5, 5.41) is 2.14. The Labute approximate surface area is 117 Å². The van der Waals surface area contributed by atoms with Gasteiger partial charge >= 0.3 is 0 Å². The van der Waals surface area contributed by atoms with E-state index in [4.69, 9.17) is 5.73 Å². The van der Waals surface area contributed by atoms with Crippen molar-refractivity contribution < 1.29 is 0 Å². The third-order valence-corrected chi connectivity index (χ3v) is 5.93. The second kappa shape index (κ2) is 4.21. The lowest BCUT2D eigenvalue weighted by atomic mass is 9.72. The highest BCUT2D eigenvalue weighted by atomic mass is 32.1. The summed E-state index contributed by atoms with van der Waals surface area (Å²) in [6, 6.07) is 4.32. The van der Waals surface area contributed by atoms with E-state index < -0.39 is 0 Å². The highest BCUT2D eigenvalue weighted by Crippen LogP contribution is 2.42. The quantitative estimate of drug-likeness (QED) is 0.886. The Bertz CT molecular complexity index is 490. The minimum atomic E-state index is 0.185. The normalized spacial score (nSPS) is 37.1. The van der Waals surface area contributed by atoms with Gasteiger partial charge in [-0.1, -0.05) is 6.07 Å². The van der Waals surface area contributed by atoms with Gasteiger partial charge in [-0.3, -0.25) is 4.99 Å². The molecule has 4 nitrogen and oxygen atoms in total. The van der Waals surface area contributed by atoms with E-state index >= 15 is 0 Å². The maximum absolute atomic E-state index is 6.19. The lowest BCUT2D eigenvalue weighted by Gasteiger charge is -2.55. The molecular weight excluding hydrogens is 256 g/mol. The van der Waals surface area contributed by atoms with Crippen LogP contribution in [0.3, 0.4) is 0 Å². The number of hydrogen-bond acceptors (Lipinski definition) is 5. The minimum absolute atomic E-state index is 0.185. The molecule has 0 radical (unpaired) electrons. The SMILES string of the molecule is NC1=NCC2(CN3CCC2CC3)N1Cc1cccs1. The van der Waals surface area contributed by atoms with Crippen LogP contribution in [0.1, 0.15) is 17.7 Å². The Morgan fingerprint density at radius 3 is 2.89 bits per heavy atom.